The highest BCUT2D eigenvalue weighted by molar-refractivity contribution is 5.03. The van der Waals surface area contributed by atoms with E-state index in [0.29, 0.717) is 19.4 Å². The van der Waals surface area contributed by atoms with Crippen molar-refractivity contribution in [3.63, 3.8) is 0 Å². The minimum absolute atomic E-state index is 0.0549. The van der Waals surface area contributed by atoms with Gasteiger partial charge in [0.25, 0.3) is 0 Å². The number of hydrogen-bond donors (Lipinski definition) is 2. The molecule has 1 fully saturated rings. The molecule has 1 rings (SSSR count). The van der Waals surface area contributed by atoms with E-state index in [-0.39, 0.29) is 12.6 Å². The summed E-state index contributed by atoms with van der Waals surface area (Å²) in [5, 5.41) is 2.48. The Labute approximate surface area is 87.2 Å². The van der Waals surface area contributed by atoms with Crippen LogP contribution in [-0.2, 0) is 4.74 Å². The predicted octanol–water partition coefficient (Wildman–Crippen LogP) is 1.03. The Morgan fingerprint density at radius 2 is 2.07 bits per heavy atom. The fourth-order valence-corrected chi connectivity index (χ4v) is 1.84. The molecule has 0 amide bonds. The monoisotopic (exact) mass is 226 g/mol. The molecule has 3 N–H and O–H groups in total. The summed E-state index contributed by atoms with van der Waals surface area (Å²) in [6.45, 7) is 1.69. The van der Waals surface area contributed by atoms with Gasteiger partial charge in [-0.05, 0) is 19.8 Å². The first-order chi connectivity index (χ1) is 6.91. The molecular formula is C9H17F3N2O. The van der Waals surface area contributed by atoms with Gasteiger partial charge in [0, 0.05) is 18.7 Å². The Morgan fingerprint density at radius 3 is 2.47 bits per heavy atom. The van der Waals surface area contributed by atoms with Gasteiger partial charge in [-0.15, -0.1) is 0 Å². The fraction of sp³-hybridized carbons (Fsp3) is 1.00. The van der Waals surface area contributed by atoms with E-state index in [4.69, 9.17) is 10.5 Å². The van der Waals surface area contributed by atoms with Crippen molar-refractivity contribution in [3.05, 3.63) is 0 Å². The molecule has 0 heterocycles. The fourth-order valence-electron chi connectivity index (χ4n) is 1.84. The van der Waals surface area contributed by atoms with E-state index in [9.17, 15) is 13.2 Å². The van der Waals surface area contributed by atoms with Crippen molar-refractivity contribution < 1.29 is 17.9 Å². The standard InChI is InChI=1S/C9H17F3N2O/c1-2-15-7-3-8(4-7,5-13)14-6-9(10,11)12/h7,14H,2-6,13H2,1H3. The molecule has 90 valence electrons. The smallest absolute Gasteiger partial charge is 0.378 e. The second-order valence-electron chi connectivity index (χ2n) is 3.94. The number of hydrogen-bond acceptors (Lipinski definition) is 3. The van der Waals surface area contributed by atoms with Crippen LogP contribution in [-0.4, -0.2) is 37.5 Å². The van der Waals surface area contributed by atoms with Gasteiger partial charge in [-0.25, -0.2) is 0 Å². The van der Waals surface area contributed by atoms with Crippen LogP contribution in [0.3, 0.4) is 0 Å². The average molecular weight is 226 g/mol. The van der Waals surface area contributed by atoms with Crippen LogP contribution in [0.1, 0.15) is 19.8 Å². The maximum atomic E-state index is 12.0. The Balaban J connectivity index is 2.32. The SMILES string of the molecule is CCOC1CC(CN)(NCC(F)(F)F)C1. The first-order valence-electron chi connectivity index (χ1n) is 5.04. The van der Waals surface area contributed by atoms with Gasteiger partial charge in [0.15, 0.2) is 0 Å². The Kier molecular flexibility index (Phi) is 3.97. The quantitative estimate of drug-likeness (QED) is 0.736. The van der Waals surface area contributed by atoms with E-state index >= 15 is 0 Å². The van der Waals surface area contributed by atoms with Crippen molar-refractivity contribution in [2.75, 3.05) is 19.7 Å². The highest BCUT2D eigenvalue weighted by Gasteiger charge is 2.45. The summed E-state index contributed by atoms with van der Waals surface area (Å²) in [4.78, 5) is 0. The summed E-state index contributed by atoms with van der Waals surface area (Å²) >= 11 is 0. The normalized spacial score (nSPS) is 31.4. The molecule has 0 saturated heterocycles. The van der Waals surface area contributed by atoms with Crippen LogP contribution >= 0.6 is 0 Å². The molecule has 0 aromatic rings. The molecule has 15 heavy (non-hydrogen) atoms. The van der Waals surface area contributed by atoms with E-state index in [1.165, 1.54) is 0 Å². The van der Waals surface area contributed by atoms with Gasteiger partial charge in [-0.3, -0.25) is 0 Å². The van der Waals surface area contributed by atoms with Crippen LogP contribution in [0.25, 0.3) is 0 Å². The third kappa shape index (κ3) is 3.62. The summed E-state index contributed by atoms with van der Waals surface area (Å²) in [7, 11) is 0. The molecular weight excluding hydrogens is 209 g/mol. The lowest BCUT2D eigenvalue weighted by Gasteiger charge is -2.47. The second kappa shape index (κ2) is 4.67. The lowest BCUT2D eigenvalue weighted by atomic mass is 9.74. The van der Waals surface area contributed by atoms with E-state index in [1.54, 1.807) is 0 Å². The predicted molar refractivity (Wildman–Crippen MR) is 50.5 cm³/mol. The Hall–Kier alpha value is -0.330. The van der Waals surface area contributed by atoms with Crippen molar-refractivity contribution in [1.29, 1.82) is 0 Å². The number of nitrogens with one attached hydrogen (secondary N) is 1. The molecule has 0 radical (unpaired) electrons. The van der Waals surface area contributed by atoms with E-state index in [2.05, 4.69) is 5.32 Å². The van der Waals surface area contributed by atoms with Crippen LogP contribution in [0, 0.1) is 0 Å². The maximum absolute atomic E-state index is 12.0. The second-order valence-corrected chi connectivity index (χ2v) is 3.94. The zero-order chi connectivity index (χ0) is 11.5. The molecule has 3 nitrogen and oxygen atoms in total. The highest BCUT2D eigenvalue weighted by Crippen LogP contribution is 2.34. The van der Waals surface area contributed by atoms with Gasteiger partial charge in [0.2, 0.25) is 0 Å². The number of rotatable bonds is 5. The summed E-state index contributed by atoms with van der Waals surface area (Å²) in [6.07, 6.45) is -3.00. The van der Waals surface area contributed by atoms with Crippen molar-refractivity contribution in [2.24, 2.45) is 5.73 Å². The molecule has 0 bridgehead atoms. The van der Waals surface area contributed by atoms with Crippen LogP contribution < -0.4 is 11.1 Å². The van der Waals surface area contributed by atoms with Gasteiger partial charge in [-0.1, -0.05) is 0 Å². The van der Waals surface area contributed by atoms with Crippen LogP contribution in [0.2, 0.25) is 0 Å². The number of halogens is 3. The number of ether oxygens (including phenoxy) is 1. The molecule has 0 unspecified atom stereocenters. The molecule has 1 aliphatic carbocycles. The number of nitrogens with two attached hydrogens (primary N) is 1. The van der Waals surface area contributed by atoms with E-state index < -0.39 is 18.3 Å². The summed E-state index contributed by atoms with van der Waals surface area (Å²) in [6, 6.07) is 0. The van der Waals surface area contributed by atoms with Crippen LogP contribution in [0.5, 0.6) is 0 Å². The molecule has 1 saturated carbocycles. The first kappa shape index (κ1) is 12.7. The zero-order valence-electron chi connectivity index (χ0n) is 8.73. The third-order valence-corrected chi connectivity index (χ3v) is 2.69. The molecule has 1 aliphatic rings. The summed E-state index contributed by atoms with van der Waals surface area (Å²) < 4.78 is 41.3. The summed E-state index contributed by atoms with van der Waals surface area (Å²) in [5.74, 6) is 0. The molecule has 0 aromatic carbocycles. The van der Waals surface area contributed by atoms with Gasteiger partial charge < -0.3 is 15.8 Å². The van der Waals surface area contributed by atoms with Crippen molar-refractivity contribution in [2.45, 2.75) is 37.6 Å². The lowest BCUT2D eigenvalue weighted by Crippen LogP contribution is -2.63. The van der Waals surface area contributed by atoms with Crippen molar-refractivity contribution in [3.8, 4) is 0 Å². The van der Waals surface area contributed by atoms with E-state index in [0.717, 1.165) is 0 Å². The highest BCUT2D eigenvalue weighted by atomic mass is 19.4. The molecule has 6 heteroatoms. The minimum Gasteiger partial charge on any atom is -0.378 e. The minimum atomic E-state index is -4.18. The van der Waals surface area contributed by atoms with Gasteiger partial charge >= 0.3 is 6.18 Å². The van der Waals surface area contributed by atoms with Crippen molar-refractivity contribution >= 4 is 0 Å². The maximum Gasteiger partial charge on any atom is 0.401 e. The summed E-state index contributed by atoms with van der Waals surface area (Å²) in [5.41, 5.74) is 4.90. The zero-order valence-corrected chi connectivity index (χ0v) is 8.73. The van der Waals surface area contributed by atoms with Gasteiger partial charge in [0.1, 0.15) is 0 Å². The van der Waals surface area contributed by atoms with Crippen LogP contribution in [0.15, 0.2) is 0 Å². The third-order valence-electron chi connectivity index (χ3n) is 2.69. The largest absolute Gasteiger partial charge is 0.401 e. The van der Waals surface area contributed by atoms with Crippen molar-refractivity contribution in [1.82, 2.24) is 5.32 Å². The molecule has 0 atom stereocenters. The van der Waals surface area contributed by atoms with Crippen LogP contribution in [0.4, 0.5) is 13.2 Å². The Bertz CT molecular complexity index is 202. The Morgan fingerprint density at radius 1 is 1.47 bits per heavy atom. The molecule has 0 aliphatic heterocycles. The lowest BCUT2D eigenvalue weighted by molar-refractivity contribution is -0.137. The molecule has 0 spiro atoms. The molecule has 0 aromatic heterocycles. The number of alkyl halides is 3. The van der Waals surface area contributed by atoms with Gasteiger partial charge in [-0.2, -0.15) is 13.2 Å². The first-order valence-corrected chi connectivity index (χ1v) is 5.04. The average Bonchev–Trinajstić information content (AvgIpc) is 2.07. The van der Waals surface area contributed by atoms with Gasteiger partial charge in [0.05, 0.1) is 12.6 Å². The van der Waals surface area contributed by atoms with E-state index in [1.807, 2.05) is 6.92 Å². The topological polar surface area (TPSA) is 47.3 Å².